The summed E-state index contributed by atoms with van der Waals surface area (Å²) in [5, 5.41) is 0.851. The van der Waals surface area contributed by atoms with E-state index in [0.29, 0.717) is 23.8 Å². The minimum atomic E-state index is -0.00989. The first-order valence-electron chi connectivity index (χ1n) is 7.42. The topological polar surface area (TPSA) is 57.6 Å². The second-order valence-electron chi connectivity index (χ2n) is 5.72. The second kappa shape index (κ2) is 6.32. The number of ether oxygens (including phenoxy) is 3. The molecule has 1 aliphatic rings. The molecular formula is C17H19NO4. The van der Waals surface area contributed by atoms with Crippen molar-refractivity contribution in [1.29, 1.82) is 0 Å². The fraction of sp³-hybridized carbons (Fsp3) is 0.412. The van der Waals surface area contributed by atoms with E-state index >= 15 is 0 Å². The molecule has 22 heavy (non-hydrogen) atoms. The lowest BCUT2D eigenvalue weighted by molar-refractivity contribution is -0.0506. The summed E-state index contributed by atoms with van der Waals surface area (Å²) in [6, 6.07) is 5.40. The van der Waals surface area contributed by atoms with Crippen LogP contribution in [0.1, 0.15) is 24.2 Å². The molecule has 0 unspecified atom stereocenters. The van der Waals surface area contributed by atoms with Crippen molar-refractivity contribution in [2.24, 2.45) is 5.92 Å². The van der Waals surface area contributed by atoms with Crippen molar-refractivity contribution < 1.29 is 19.0 Å². The van der Waals surface area contributed by atoms with Crippen molar-refractivity contribution >= 4 is 17.2 Å². The molecule has 0 saturated carbocycles. The molecule has 0 aliphatic carbocycles. The summed E-state index contributed by atoms with van der Waals surface area (Å²) in [7, 11) is 0. The van der Waals surface area contributed by atoms with Crippen molar-refractivity contribution in [3.63, 3.8) is 0 Å². The van der Waals surface area contributed by atoms with Crippen LogP contribution in [-0.4, -0.2) is 37.2 Å². The van der Waals surface area contributed by atoms with Gasteiger partial charge in [-0.25, -0.2) is 0 Å². The van der Waals surface area contributed by atoms with Crippen molar-refractivity contribution in [1.82, 2.24) is 4.98 Å². The van der Waals surface area contributed by atoms with Gasteiger partial charge in [0.05, 0.1) is 37.0 Å². The van der Waals surface area contributed by atoms with Crippen molar-refractivity contribution in [3.8, 4) is 11.5 Å². The number of rotatable bonds is 6. The number of aldehydes is 1. The Morgan fingerprint density at radius 2 is 2.18 bits per heavy atom. The van der Waals surface area contributed by atoms with E-state index in [0.717, 1.165) is 36.2 Å². The molecule has 2 aromatic rings. The zero-order chi connectivity index (χ0) is 15.5. The Morgan fingerprint density at radius 3 is 2.82 bits per heavy atom. The van der Waals surface area contributed by atoms with E-state index in [1.165, 1.54) is 0 Å². The van der Waals surface area contributed by atoms with Crippen LogP contribution in [0.2, 0.25) is 0 Å². The smallest absolute Gasteiger partial charge is 0.153 e. The van der Waals surface area contributed by atoms with Crippen molar-refractivity contribution in [2.75, 3.05) is 19.8 Å². The first kappa shape index (κ1) is 14.8. The average Bonchev–Trinajstić information content (AvgIpc) is 2.44. The minimum absolute atomic E-state index is 0.00989. The van der Waals surface area contributed by atoms with Gasteiger partial charge in [0.1, 0.15) is 11.5 Å². The van der Waals surface area contributed by atoms with E-state index in [9.17, 15) is 4.79 Å². The Morgan fingerprint density at radius 1 is 1.36 bits per heavy atom. The van der Waals surface area contributed by atoms with Crippen LogP contribution in [0.3, 0.4) is 0 Å². The van der Waals surface area contributed by atoms with Crippen LogP contribution in [0.25, 0.3) is 10.9 Å². The molecule has 0 N–H and O–H groups in total. The molecule has 5 heteroatoms. The highest BCUT2D eigenvalue weighted by Gasteiger charge is 2.19. The number of hydrogen-bond acceptors (Lipinski definition) is 5. The normalized spacial score (nSPS) is 14.9. The van der Waals surface area contributed by atoms with Gasteiger partial charge in [-0.1, -0.05) is 0 Å². The Balaban J connectivity index is 1.95. The highest BCUT2D eigenvalue weighted by Crippen LogP contribution is 2.31. The van der Waals surface area contributed by atoms with E-state index in [-0.39, 0.29) is 6.10 Å². The molecule has 0 spiro atoms. The standard InChI is InChI=1S/C17H19NO4/c1-11(2)22-17-6-14-15(5-13(17)7-19)18-4-3-16(14)21-10-12-8-20-9-12/h3-7,11-12H,8-10H2,1-2H3. The van der Waals surface area contributed by atoms with E-state index < -0.39 is 0 Å². The van der Waals surface area contributed by atoms with Gasteiger partial charge in [0.25, 0.3) is 0 Å². The van der Waals surface area contributed by atoms with Gasteiger partial charge in [-0.2, -0.15) is 0 Å². The molecule has 0 atom stereocenters. The predicted octanol–water partition coefficient (Wildman–Crippen LogP) is 2.86. The van der Waals surface area contributed by atoms with Gasteiger partial charge in [-0.05, 0) is 32.0 Å². The van der Waals surface area contributed by atoms with Gasteiger partial charge < -0.3 is 14.2 Å². The molecule has 0 amide bonds. The highest BCUT2D eigenvalue weighted by molar-refractivity contribution is 5.93. The third-order valence-electron chi connectivity index (χ3n) is 3.50. The first-order chi connectivity index (χ1) is 10.7. The fourth-order valence-electron chi connectivity index (χ4n) is 2.33. The third-order valence-corrected chi connectivity index (χ3v) is 3.50. The SMILES string of the molecule is CC(C)Oc1cc2c(OCC3COC3)ccnc2cc1C=O. The molecular weight excluding hydrogens is 282 g/mol. The minimum Gasteiger partial charge on any atom is -0.492 e. The van der Waals surface area contributed by atoms with Gasteiger partial charge in [0, 0.05) is 17.5 Å². The first-order valence-corrected chi connectivity index (χ1v) is 7.42. The number of nitrogens with zero attached hydrogens (tertiary/aromatic N) is 1. The molecule has 1 saturated heterocycles. The summed E-state index contributed by atoms with van der Waals surface area (Å²) in [5.41, 5.74) is 1.22. The van der Waals surface area contributed by atoms with Gasteiger partial charge >= 0.3 is 0 Å². The van der Waals surface area contributed by atoms with E-state index in [1.54, 1.807) is 12.3 Å². The van der Waals surface area contributed by atoms with Gasteiger partial charge in [0.15, 0.2) is 6.29 Å². The lowest BCUT2D eigenvalue weighted by Gasteiger charge is -2.26. The lowest BCUT2D eigenvalue weighted by atomic mass is 10.1. The maximum absolute atomic E-state index is 11.2. The second-order valence-corrected chi connectivity index (χ2v) is 5.72. The molecule has 1 fully saturated rings. The predicted molar refractivity (Wildman–Crippen MR) is 82.7 cm³/mol. The summed E-state index contributed by atoms with van der Waals surface area (Å²) in [6.45, 7) is 5.97. The number of benzene rings is 1. The zero-order valence-electron chi connectivity index (χ0n) is 12.7. The fourth-order valence-corrected chi connectivity index (χ4v) is 2.33. The van der Waals surface area contributed by atoms with Crippen LogP contribution >= 0.6 is 0 Å². The summed E-state index contributed by atoms with van der Waals surface area (Å²) < 4.78 is 16.8. The molecule has 0 radical (unpaired) electrons. The number of aromatic nitrogens is 1. The molecule has 116 valence electrons. The van der Waals surface area contributed by atoms with Gasteiger partial charge in [0.2, 0.25) is 0 Å². The molecule has 3 rings (SSSR count). The maximum Gasteiger partial charge on any atom is 0.153 e. The van der Waals surface area contributed by atoms with Crippen LogP contribution in [0.4, 0.5) is 0 Å². The summed E-state index contributed by atoms with van der Waals surface area (Å²) in [5.74, 6) is 1.76. The number of carbonyl (C=O) groups is 1. The summed E-state index contributed by atoms with van der Waals surface area (Å²) in [4.78, 5) is 15.6. The van der Waals surface area contributed by atoms with Crippen LogP contribution < -0.4 is 9.47 Å². The van der Waals surface area contributed by atoms with E-state index in [2.05, 4.69) is 4.98 Å². The van der Waals surface area contributed by atoms with Crippen molar-refractivity contribution in [2.45, 2.75) is 20.0 Å². The van der Waals surface area contributed by atoms with Gasteiger partial charge in [-0.3, -0.25) is 9.78 Å². The molecule has 2 heterocycles. The Labute approximate surface area is 129 Å². The van der Waals surface area contributed by atoms with Crippen LogP contribution in [0.15, 0.2) is 24.4 Å². The molecule has 1 aromatic heterocycles. The lowest BCUT2D eigenvalue weighted by Crippen LogP contribution is -2.32. The zero-order valence-corrected chi connectivity index (χ0v) is 12.7. The van der Waals surface area contributed by atoms with Gasteiger partial charge in [-0.15, -0.1) is 0 Å². The van der Waals surface area contributed by atoms with Crippen LogP contribution in [0, 0.1) is 5.92 Å². The summed E-state index contributed by atoms with van der Waals surface area (Å²) in [6.07, 6.45) is 2.47. The maximum atomic E-state index is 11.2. The molecule has 5 nitrogen and oxygen atoms in total. The third kappa shape index (κ3) is 3.04. The quantitative estimate of drug-likeness (QED) is 0.768. The number of fused-ring (bicyclic) bond motifs is 1. The van der Waals surface area contributed by atoms with E-state index in [4.69, 9.17) is 14.2 Å². The van der Waals surface area contributed by atoms with Crippen LogP contribution in [-0.2, 0) is 4.74 Å². The molecule has 0 bridgehead atoms. The average molecular weight is 301 g/mol. The molecule has 1 aliphatic heterocycles. The Bertz CT molecular complexity index is 680. The number of hydrogen-bond donors (Lipinski definition) is 0. The Kier molecular flexibility index (Phi) is 4.24. The van der Waals surface area contributed by atoms with E-state index in [1.807, 2.05) is 26.0 Å². The monoisotopic (exact) mass is 301 g/mol. The molecule has 1 aromatic carbocycles. The Hall–Kier alpha value is -2.14. The van der Waals surface area contributed by atoms with Crippen molar-refractivity contribution in [3.05, 3.63) is 30.0 Å². The van der Waals surface area contributed by atoms with Crippen LogP contribution in [0.5, 0.6) is 11.5 Å². The number of pyridine rings is 1. The highest BCUT2D eigenvalue weighted by atomic mass is 16.5. The summed E-state index contributed by atoms with van der Waals surface area (Å²) >= 11 is 0. The largest absolute Gasteiger partial charge is 0.492 e. The number of carbonyl (C=O) groups excluding carboxylic acids is 1.